The zero-order valence-electron chi connectivity index (χ0n) is 12.9. The van der Waals surface area contributed by atoms with E-state index in [1.807, 2.05) is 18.2 Å². The lowest BCUT2D eigenvalue weighted by atomic mass is 9.91. The molecule has 1 atom stereocenters. The van der Waals surface area contributed by atoms with Crippen LogP contribution in [0.15, 0.2) is 24.3 Å². The minimum atomic E-state index is -0.867. The highest BCUT2D eigenvalue weighted by atomic mass is 32.1. The van der Waals surface area contributed by atoms with Crippen LogP contribution < -0.4 is 10.2 Å². The van der Waals surface area contributed by atoms with E-state index in [1.54, 1.807) is 11.3 Å². The molecule has 1 saturated heterocycles. The number of para-hydroxylation sites is 1. The van der Waals surface area contributed by atoms with Gasteiger partial charge in [0.25, 0.3) is 0 Å². The first-order valence-corrected chi connectivity index (χ1v) is 9.11. The molecule has 6 heteroatoms. The number of rotatable bonds is 4. The molecule has 2 N–H and O–H groups in total. The number of hydrogen-bond acceptors (Lipinski definition) is 5. The molecule has 2 fully saturated rings. The van der Waals surface area contributed by atoms with Crippen molar-refractivity contribution in [3.8, 4) is 0 Å². The number of piperidine rings is 1. The van der Waals surface area contributed by atoms with Gasteiger partial charge in [-0.25, -0.2) is 4.98 Å². The first-order chi connectivity index (χ1) is 11.2. The number of carbonyl (C=O) groups is 1. The molecule has 0 radical (unpaired) electrons. The van der Waals surface area contributed by atoms with Crippen molar-refractivity contribution in [1.82, 2.24) is 10.3 Å². The van der Waals surface area contributed by atoms with Crippen molar-refractivity contribution in [2.45, 2.75) is 37.8 Å². The molecule has 0 bridgehead atoms. The SMILES string of the molecule is O=C(NC1CC1)C(O)C1CCN(c2nc3ccccc3s2)CC1. The molecule has 1 unspecified atom stereocenters. The molecule has 1 aliphatic heterocycles. The Labute approximate surface area is 139 Å². The maximum Gasteiger partial charge on any atom is 0.249 e. The number of fused-ring (bicyclic) bond motifs is 1. The first kappa shape index (κ1) is 14.9. The maximum atomic E-state index is 12.0. The number of nitrogens with zero attached hydrogens (tertiary/aromatic N) is 2. The average molecular weight is 331 g/mol. The summed E-state index contributed by atoms with van der Waals surface area (Å²) in [5, 5.41) is 14.2. The zero-order chi connectivity index (χ0) is 15.8. The van der Waals surface area contributed by atoms with E-state index in [1.165, 1.54) is 4.70 Å². The predicted octanol–water partition coefficient (Wildman–Crippen LogP) is 2.15. The van der Waals surface area contributed by atoms with Gasteiger partial charge in [-0.15, -0.1) is 0 Å². The Morgan fingerprint density at radius 3 is 2.70 bits per heavy atom. The van der Waals surface area contributed by atoms with Crippen LogP contribution in [0.2, 0.25) is 0 Å². The lowest BCUT2D eigenvalue weighted by molar-refractivity contribution is -0.132. The minimum absolute atomic E-state index is 0.0550. The van der Waals surface area contributed by atoms with Gasteiger partial charge in [-0.2, -0.15) is 0 Å². The van der Waals surface area contributed by atoms with E-state index in [9.17, 15) is 9.90 Å². The molecule has 1 aromatic heterocycles. The molecule has 23 heavy (non-hydrogen) atoms. The number of aliphatic hydroxyl groups excluding tert-OH is 1. The van der Waals surface area contributed by atoms with E-state index in [2.05, 4.69) is 16.3 Å². The van der Waals surface area contributed by atoms with Crippen molar-refractivity contribution in [3.63, 3.8) is 0 Å². The van der Waals surface area contributed by atoms with Crippen LogP contribution in [0.3, 0.4) is 0 Å². The second-order valence-corrected chi connectivity index (χ2v) is 7.53. The first-order valence-electron chi connectivity index (χ1n) is 8.29. The van der Waals surface area contributed by atoms with Crippen molar-refractivity contribution in [2.24, 2.45) is 5.92 Å². The highest BCUT2D eigenvalue weighted by Crippen LogP contribution is 2.32. The van der Waals surface area contributed by atoms with Crippen molar-refractivity contribution >= 4 is 32.6 Å². The molecule has 2 aromatic rings. The number of nitrogens with one attached hydrogen (secondary N) is 1. The third kappa shape index (κ3) is 3.19. The van der Waals surface area contributed by atoms with Gasteiger partial charge in [-0.3, -0.25) is 4.79 Å². The molecule has 1 aliphatic carbocycles. The van der Waals surface area contributed by atoms with Crippen LogP contribution in [0.5, 0.6) is 0 Å². The molecule has 4 rings (SSSR count). The number of thiazole rings is 1. The molecule has 1 saturated carbocycles. The summed E-state index contributed by atoms with van der Waals surface area (Å²) in [5.41, 5.74) is 1.04. The van der Waals surface area contributed by atoms with Crippen LogP contribution in [0, 0.1) is 5.92 Å². The highest BCUT2D eigenvalue weighted by Gasteiger charge is 2.33. The Morgan fingerprint density at radius 1 is 1.26 bits per heavy atom. The van der Waals surface area contributed by atoms with E-state index in [0.717, 1.165) is 49.4 Å². The second-order valence-electron chi connectivity index (χ2n) is 6.52. The average Bonchev–Trinajstić information content (AvgIpc) is 3.29. The molecule has 2 aliphatic rings. The van der Waals surface area contributed by atoms with Crippen molar-refractivity contribution in [1.29, 1.82) is 0 Å². The van der Waals surface area contributed by atoms with Crippen molar-refractivity contribution in [3.05, 3.63) is 24.3 Å². The van der Waals surface area contributed by atoms with E-state index in [-0.39, 0.29) is 11.8 Å². The molecular weight excluding hydrogens is 310 g/mol. The summed E-state index contributed by atoms with van der Waals surface area (Å²) in [6, 6.07) is 8.47. The summed E-state index contributed by atoms with van der Waals surface area (Å²) in [6.45, 7) is 1.69. The fraction of sp³-hybridized carbons (Fsp3) is 0.529. The number of aromatic nitrogens is 1. The molecule has 1 amide bonds. The van der Waals surface area contributed by atoms with Gasteiger partial charge in [0.15, 0.2) is 5.13 Å². The lowest BCUT2D eigenvalue weighted by Crippen LogP contribution is -2.45. The van der Waals surface area contributed by atoms with Gasteiger partial charge in [0.1, 0.15) is 6.10 Å². The molecule has 2 heterocycles. The van der Waals surface area contributed by atoms with E-state index >= 15 is 0 Å². The molecular formula is C17H21N3O2S. The third-order valence-corrected chi connectivity index (χ3v) is 5.83. The maximum absolute atomic E-state index is 12.0. The van der Waals surface area contributed by atoms with Crippen LogP contribution in [0.1, 0.15) is 25.7 Å². The van der Waals surface area contributed by atoms with Gasteiger partial charge in [0.2, 0.25) is 5.91 Å². The number of anilines is 1. The van der Waals surface area contributed by atoms with Gasteiger partial charge in [-0.1, -0.05) is 23.5 Å². The van der Waals surface area contributed by atoms with Gasteiger partial charge in [0, 0.05) is 19.1 Å². The van der Waals surface area contributed by atoms with E-state index < -0.39 is 6.10 Å². The van der Waals surface area contributed by atoms with Gasteiger partial charge < -0.3 is 15.3 Å². The van der Waals surface area contributed by atoms with Crippen LogP contribution in [0.25, 0.3) is 10.2 Å². The van der Waals surface area contributed by atoms with Gasteiger partial charge in [-0.05, 0) is 43.7 Å². The summed E-state index contributed by atoms with van der Waals surface area (Å²) >= 11 is 1.71. The fourth-order valence-corrected chi connectivity index (χ4v) is 4.15. The normalized spacial score (nSPS) is 20.7. The Bertz CT molecular complexity index is 672. The number of hydrogen-bond donors (Lipinski definition) is 2. The van der Waals surface area contributed by atoms with Crippen LogP contribution >= 0.6 is 11.3 Å². The quantitative estimate of drug-likeness (QED) is 0.901. The highest BCUT2D eigenvalue weighted by molar-refractivity contribution is 7.22. The number of aliphatic hydroxyl groups is 1. The van der Waals surface area contributed by atoms with Crippen LogP contribution in [-0.2, 0) is 4.79 Å². The van der Waals surface area contributed by atoms with Gasteiger partial charge >= 0.3 is 0 Å². The summed E-state index contributed by atoms with van der Waals surface area (Å²) < 4.78 is 1.20. The van der Waals surface area contributed by atoms with Crippen LogP contribution in [-0.4, -0.2) is 41.2 Å². The van der Waals surface area contributed by atoms with Crippen molar-refractivity contribution < 1.29 is 9.90 Å². The Kier molecular flexibility index (Phi) is 3.95. The van der Waals surface area contributed by atoms with E-state index in [0.29, 0.717) is 6.04 Å². The number of carbonyl (C=O) groups excluding carboxylic acids is 1. The Balaban J connectivity index is 1.37. The number of benzene rings is 1. The lowest BCUT2D eigenvalue weighted by Gasteiger charge is -2.33. The minimum Gasteiger partial charge on any atom is -0.383 e. The molecule has 0 spiro atoms. The molecule has 5 nitrogen and oxygen atoms in total. The third-order valence-electron chi connectivity index (χ3n) is 4.73. The molecule has 1 aromatic carbocycles. The monoisotopic (exact) mass is 331 g/mol. The topological polar surface area (TPSA) is 65.5 Å². The summed E-state index contributed by atoms with van der Waals surface area (Å²) in [5.74, 6) is -0.134. The summed E-state index contributed by atoms with van der Waals surface area (Å²) in [6.07, 6.45) is 2.89. The largest absolute Gasteiger partial charge is 0.383 e. The fourth-order valence-electron chi connectivity index (χ4n) is 3.13. The standard InChI is InChI=1S/C17H21N3O2S/c21-15(16(22)18-12-5-6-12)11-7-9-20(10-8-11)17-19-13-3-1-2-4-14(13)23-17/h1-4,11-12,15,21H,5-10H2,(H,18,22). The van der Waals surface area contributed by atoms with E-state index in [4.69, 9.17) is 4.98 Å². The van der Waals surface area contributed by atoms with Gasteiger partial charge in [0.05, 0.1) is 10.2 Å². The Hall–Kier alpha value is -1.66. The van der Waals surface area contributed by atoms with Crippen LogP contribution in [0.4, 0.5) is 5.13 Å². The zero-order valence-corrected chi connectivity index (χ0v) is 13.8. The summed E-state index contributed by atoms with van der Waals surface area (Å²) in [4.78, 5) is 18.9. The van der Waals surface area contributed by atoms with Crippen molar-refractivity contribution in [2.75, 3.05) is 18.0 Å². The second kappa shape index (κ2) is 6.09. The number of amides is 1. The smallest absolute Gasteiger partial charge is 0.249 e. The predicted molar refractivity (Wildman–Crippen MR) is 91.7 cm³/mol. The molecule has 122 valence electrons. The summed E-state index contributed by atoms with van der Waals surface area (Å²) in [7, 11) is 0. The Morgan fingerprint density at radius 2 is 2.00 bits per heavy atom.